The van der Waals surface area contributed by atoms with Crippen LogP contribution in [0.2, 0.25) is 0 Å². The monoisotopic (exact) mass is 500 g/mol. The number of guanidine groups is 1. The van der Waals surface area contributed by atoms with Crippen LogP contribution in [-0.2, 0) is 18.3 Å². The van der Waals surface area contributed by atoms with Gasteiger partial charge < -0.3 is 19.5 Å². The van der Waals surface area contributed by atoms with Crippen molar-refractivity contribution in [1.82, 2.24) is 14.8 Å². The summed E-state index contributed by atoms with van der Waals surface area (Å²) in [6.07, 6.45) is 5.44. The van der Waals surface area contributed by atoms with Gasteiger partial charge >= 0.3 is 0 Å². The summed E-state index contributed by atoms with van der Waals surface area (Å²) in [5.74, 6) is 0.964. The molecule has 0 saturated heterocycles. The average Bonchev–Trinajstić information content (AvgIpc) is 2.79. The maximum Gasteiger partial charge on any atom is 0.194 e. The first-order chi connectivity index (χ1) is 10.6. The molecule has 0 bridgehead atoms. The van der Waals surface area contributed by atoms with Crippen LogP contribution in [0, 0.1) is 0 Å². The highest BCUT2D eigenvalue weighted by Crippen LogP contribution is 2.15. The number of aromatic nitrogens is 1. The molecule has 0 unspecified atom stereocenters. The quantitative estimate of drug-likeness (QED) is 0.244. The van der Waals surface area contributed by atoms with Crippen LogP contribution < -0.4 is 5.32 Å². The lowest BCUT2D eigenvalue weighted by Gasteiger charge is -2.22. The van der Waals surface area contributed by atoms with Crippen LogP contribution in [0.15, 0.2) is 21.7 Å². The van der Waals surface area contributed by atoms with Crippen molar-refractivity contribution in [2.75, 3.05) is 33.9 Å². The molecule has 1 N–H and O–H groups in total. The Morgan fingerprint density at radius 2 is 2.13 bits per heavy atom. The van der Waals surface area contributed by atoms with Gasteiger partial charge in [-0.1, -0.05) is 0 Å². The Balaban J connectivity index is 0.00000484. The van der Waals surface area contributed by atoms with E-state index in [0.29, 0.717) is 0 Å². The lowest BCUT2D eigenvalue weighted by atomic mass is 10.2. The molecule has 0 fully saturated rings. The number of unbranched alkanes of at least 4 members (excludes halogenated alkanes) is 2. The van der Waals surface area contributed by atoms with Crippen molar-refractivity contribution in [1.29, 1.82) is 0 Å². The van der Waals surface area contributed by atoms with E-state index in [2.05, 4.69) is 64.0 Å². The third-order valence-corrected chi connectivity index (χ3v) is 3.87. The molecule has 0 radical (unpaired) electrons. The molecule has 0 atom stereocenters. The van der Waals surface area contributed by atoms with Crippen LogP contribution in [0.25, 0.3) is 0 Å². The maximum absolute atomic E-state index is 5.06. The molecule has 0 aliphatic heterocycles. The molecule has 0 aliphatic carbocycles. The highest BCUT2D eigenvalue weighted by molar-refractivity contribution is 14.0. The average molecular weight is 501 g/mol. The first-order valence-electron chi connectivity index (χ1n) is 7.87. The van der Waals surface area contributed by atoms with Crippen molar-refractivity contribution in [3.63, 3.8) is 0 Å². The standard InChI is InChI=1S/C16H29BrN4O.HI/c1-5-18-16(19-9-7-6-8-10-22-4)21(3)13-15-11-14(17)12-20(15)2;/h11-12H,5-10,13H2,1-4H3,(H,18,19);1H. The Kier molecular flexibility index (Phi) is 12.9. The summed E-state index contributed by atoms with van der Waals surface area (Å²) in [6, 6.07) is 2.14. The van der Waals surface area contributed by atoms with Gasteiger partial charge in [-0.05, 0) is 48.2 Å². The molecule has 0 amide bonds. The Hall–Kier alpha value is -0.280. The normalized spacial score (nSPS) is 11.3. The number of rotatable bonds is 9. The summed E-state index contributed by atoms with van der Waals surface area (Å²) in [6.45, 7) is 5.50. The predicted molar refractivity (Wildman–Crippen MR) is 112 cm³/mol. The van der Waals surface area contributed by atoms with Gasteiger partial charge in [0.25, 0.3) is 0 Å². The number of nitrogens with zero attached hydrogens (tertiary/aromatic N) is 3. The largest absolute Gasteiger partial charge is 0.385 e. The molecule has 1 aromatic rings. The number of hydrogen-bond donors (Lipinski definition) is 1. The van der Waals surface area contributed by atoms with Crippen LogP contribution in [0.3, 0.4) is 0 Å². The fraction of sp³-hybridized carbons (Fsp3) is 0.688. The zero-order valence-corrected chi connectivity index (χ0v) is 18.6. The second-order valence-electron chi connectivity index (χ2n) is 5.41. The highest BCUT2D eigenvalue weighted by Gasteiger charge is 2.09. The summed E-state index contributed by atoms with van der Waals surface area (Å²) in [4.78, 5) is 6.88. The number of hydrogen-bond acceptors (Lipinski definition) is 2. The molecule has 1 heterocycles. The predicted octanol–water partition coefficient (Wildman–Crippen LogP) is 3.62. The topological polar surface area (TPSA) is 41.8 Å². The van der Waals surface area contributed by atoms with Gasteiger partial charge in [-0.2, -0.15) is 0 Å². The fourth-order valence-corrected chi connectivity index (χ4v) is 2.80. The fourth-order valence-electron chi connectivity index (χ4n) is 2.23. The SMILES string of the molecule is CCNC(=NCCCCCOC)N(C)Cc1cc(Br)cn1C.I. The molecule has 0 saturated carbocycles. The Morgan fingerprint density at radius 3 is 2.70 bits per heavy atom. The zero-order valence-electron chi connectivity index (χ0n) is 14.6. The molecule has 1 rings (SSSR count). The Labute approximate surface area is 166 Å². The molecule has 134 valence electrons. The third-order valence-electron chi connectivity index (χ3n) is 3.44. The van der Waals surface area contributed by atoms with E-state index in [4.69, 9.17) is 9.73 Å². The van der Waals surface area contributed by atoms with Crippen LogP contribution in [0.1, 0.15) is 31.9 Å². The minimum Gasteiger partial charge on any atom is -0.385 e. The van der Waals surface area contributed by atoms with E-state index in [-0.39, 0.29) is 24.0 Å². The van der Waals surface area contributed by atoms with Gasteiger partial charge in [0.15, 0.2) is 5.96 Å². The molecule has 23 heavy (non-hydrogen) atoms. The molecular weight excluding hydrogens is 471 g/mol. The third kappa shape index (κ3) is 8.95. The van der Waals surface area contributed by atoms with E-state index in [1.165, 1.54) is 5.69 Å². The van der Waals surface area contributed by atoms with Gasteiger partial charge in [0.2, 0.25) is 0 Å². The smallest absolute Gasteiger partial charge is 0.194 e. The van der Waals surface area contributed by atoms with Gasteiger partial charge in [0.1, 0.15) is 0 Å². The molecule has 1 aromatic heterocycles. The summed E-state index contributed by atoms with van der Waals surface area (Å²) < 4.78 is 8.31. The Morgan fingerprint density at radius 1 is 1.39 bits per heavy atom. The molecule has 5 nitrogen and oxygen atoms in total. The van der Waals surface area contributed by atoms with Crippen molar-refractivity contribution in [3.05, 3.63) is 22.4 Å². The van der Waals surface area contributed by atoms with E-state index < -0.39 is 0 Å². The first kappa shape index (κ1) is 22.7. The number of nitrogens with one attached hydrogen (secondary N) is 1. The van der Waals surface area contributed by atoms with Gasteiger partial charge in [0, 0.05) is 57.3 Å². The lowest BCUT2D eigenvalue weighted by Crippen LogP contribution is -2.38. The second-order valence-corrected chi connectivity index (χ2v) is 6.32. The van der Waals surface area contributed by atoms with Crippen molar-refractivity contribution < 1.29 is 4.74 Å². The van der Waals surface area contributed by atoms with E-state index >= 15 is 0 Å². The minimum absolute atomic E-state index is 0. The summed E-state index contributed by atoms with van der Waals surface area (Å²) in [7, 11) is 5.89. The van der Waals surface area contributed by atoms with Crippen molar-refractivity contribution in [3.8, 4) is 0 Å². The molecule has 7 heteroatoms. The summed E-state index contributed by atoms with van der Waals surface area (Å²) >= 11 is 3.52. The van der Waals surface area contributed by atoms with E-state index in [9.17, 15) is 0 Å². The van der Waals surface area contributed by atoms with Gasteiger partial charge in [0.05, 0.1) is 6.54 Å². The summed E-state index contributed by atoms with van der Waals surface area (Å²) in [5.41, 5.74) is 1.25. The summed E-state index contributed by atoms with van der Waals surface area (Å²) in [5, 5.41) is 3.36. The van der Waals surface area contributed by atoms with Crippen molar-refractivity contribution in [2.24, 2.45) is 12.0 Å². The number of ether oxygens (including phenoxy) is 1. The number of aryl methyl sites for hydroxylation is 1. The first-order valence-corrected chi connectivity index (χ1v) is 8.67. The van der Waals surface area contributed by atoms with Gasteiger partial charge in [-0.15, -0.1) is 24.0 Å². The molecular formula is C16H30BrIN4O. The molecule has 0 aromatic carbocycles. The van der Waals surface area contributed by atoms with Crippen LogP contribution in [-0.4, -0.2) is 49.3 Å². The zero-order chi connectivity index (χ0) is 16.4. The molecule has 0 spiro atoms. The lowest BCUT2D eigenvalue weighted by molar-refractivity contribution is 0.192. The number of halogens is 2. The maximum atomic E-state index is 5.06. The number of methoxy groups -OCH3 is 1. The Bertz CT molecular complexity index is 465. The molecule has 0 aliphatic rings. The van der Waals surface area contributed by atoms with Crippen molar-refractivity contribution in [2.45, 2.75) is 32.7 Å². The van der Waals surface area contributed by atoms with E-state index in [0.717, 1.165) is 55.9 Å². The van der Waals surface area contributed by atoms with Gasteiger partial charge in [-0.3, -0.25) is 4.99 Å². The van der Waals surface area contributed by atoms with Crippen LogP contribution >= 0.6 is 39.9 Å². The van der Waals surface area contributed by atoms with E-state index in [1.54, 1.807) is 7.11 Å². The van der Waals surface area contributed by atoms with Crippen LogP contribution in [0.5, 0.6) is 0 Å². The highest BCUT2D eigenvalue weighted by atomic mass is 127. The van der Waals surface area contributed by atoms with E-state index in [1.807, 2.05) is 0 Å². The van der Waals surface area contributed by atoms with Crippen molar-refractivity contribution >= 4 is 45.9 Å². The second kappa shape index (κ2) is 13.1. The minimum atomic E-state index is 0. The van der Waals surface area contributed by atoms with Crippen LogP contribution in [0.4, 0.5) is 0 Å². The van der Waals surface area contributed by atoms with Gasteiger partial charge in [-0.25, -0.2) is 0 Å². The number of aliphatic imine (C=N–C) groups is 1.